The van der Waals surface area contributed by atoms with E-state index >= 15 is 0 Å². The Balaban J connectivity index is 2.33. The molecule has 0 saturated heterocycles. The van der Waals surface area contributed by atoms with Crippen molar-refractivity contribution < 1.29 is 9.13 Å². The molecular formula is C13H12ClFN2O. The summed E-state index contributed by atoms with van der Waals surface area (Å²) in [6, 6.07) is 9.64. The minimum absolute atomic E-state index is 0.110. The molecule has 2 aromatic carbocycles. The second-order valence-electron chi connectivity index (χ2n) is 3.71. The van der Waals surface area contributed by atoms with Gasteiger partial charge in [0.1, 0.15) is 11.6 Å². The third-order valence-corrected chi connectivity index (χ3v) is 2.68. The molecule has 0 unspecified atom stereocenters. The van der Waals surface area contributed by atoms with Crippen LogP contribution in [0.25, 0.3) is 0 Å². The highest BCUT2D eigenvalue weighted by Crippen LogP contribution is 2.31. The molecule has 0 aromatic heterocycles. The Kier molecular flexibility index (Phi) is 3.58. The average molecular weight is 267 g/mol. The minimum atomic E-state index is -0.471. The molecule has 0 aliphatic carbocycles. The lowest BCUT2D eigenvalue weighted by molar-refractivity contribution is 0.417. The second kappa shape index (κ2) is 5.14. The number of nitrogens with two attached hydrogens (primary N) is 1. The Morgan fingerprint density at radius 1 is 1.22 bits per heavy atom. The van der Waals surface area contributed by atoms with E-state index in [1.807, 2.05) is 0 Å². The van der Waals surface area contributed by atoms with E-state index in [9.17, 15) is 4.39 Å². The van der Waals surface area contributed by atoms with Crippen LogP contribution in [0.5, 0.6) is 5.75 Å². The van der Waals surface area contributed by atoms with Crippen LogP contribution in [0.2, 0.25) is 5.02 Å². The van der Waals surface area contributed by atoms with Crippen molar-refractivity contribution in [3.05, 3.63) is 47.2 Å². The summed E-state index contributed by atoms with van der Waals surface area (Å²) in [6.07, 6.45) is 0. The molecule has 0 atom stereocenters. The molecule has 5 heteroatoms. The zero-order chi connectivity index (χ0) is 13.1. The van der Waals surface area contributed by atoms with Gasteiger partial charge in [-0.3, -0.25) is 0 Å². The Hall–Kier alpha value is -1.94. The minimum Gasteiger partial charge on any atom is -0.495 e. The van der Waals surface area contributed by atoms with Crippen LogP contribution in [-0.2, 0) is 0 Å². The first-order valence-corrected chi connectivity index (χ1v) is 5.63. The van der Waals surface area contributed by atoms with Gasteiger partial charge in [0.2, 0.25) is 0 Å². The maximum atomic E-state index is 13.3. The van der Waals surface area contributed by atoms with Gasteiger partial charge in [-0.15, -0.1) is 0 Å². The van der Waals surface area contributed by atoms with E-state index < -0.39 is 5.82 Å². The van der Waals surface area contributed by atoms with Crippen molar-refractivity contribution in [2.75, 3.05) is 18.2 Å². The topological polar surface area (TPSA) is 47.3 Å². The number of methoxy groups -OCH3 is 1. The first-order valence-electron chi connectivity index (χ1n) is 5.26. The molecular weight excluding hydrogens is 255 g/mol. The van der Waals surface area contributed by atoms with E-state index in [2.05, 4.69) is 5.32 Å². The highest BCUT2D eigenvalue weighted by Gasteiger charge is 2.06. The molecule has 0 heterocycles. The van der Waals surface area contributed by atoms with Gasteiger partial charge in [-0.2, -0.15) is 0 Å². The van der Waals surface area contributed by atoms with Gasteiger partial charge in [0.15, 0.2) is 0 Å². The molecule has 0 saturated carbocycles. The molecule has 3 nitrogen and oxygen atoms in total. The number of rotatable bonds is 3. The standard InChI is InChI=1S/C13H12ClFN2O/c1-18-13-5-2-8(14)6-12(13)17-9-3-4-11(16)10(15)7-9/h2-7,17H,16H2,1H3. The first-order chi connectivity index (χ1) is 8.60. The quantitative estimate of drug-likeness (QED) is 0.831. The third kappa shape index (κ3) is 2.65. The first kappa shape index (κ1) is 12.5. The van der Waals surface area contributed by atoms with Crippen molar-refractivity contribution in [1.29, 1.82) is 0 Å². The Morgan fingerprint density at radius 2 is 2.00 bits per heavy atom. The van der Waals surface area contributed by atoms with Crippen LogP contribution in [0.3, 0.4) is 0 Å². The summed E-state index contributed by atoms with van der Waals surface area (Å²) in [7, 11) is 1.55. The summed E-state index contributed by atoms with van der Waals surface area (Å²) >= 11 is 5.91. The van der Waals surface area contributed by atoms with Gasteiger partial charge in [-0.25, -0.2) is 4.39 Å². The molecule has 0 bridgehead atoms. The summed E-state index contributed by atoms with van der Waals surface area (Å²) in [5.41, 5.74) is 6.76. The fourth-order valence-corrected chi connectivity index (χ4v) is 1.71. The number of anilines is 3. The lowest BCUT2D eigenvalue weighted by atomic mass is 10.2. The van der Waals surface area contributed by atoms with Gasteiger partial charge in [-0.1, -0.05) is 11.6 Å². The van der Waals surface area contributed by atoms with Crippen LogP contribution in [0.4, 0.5) is 21.5 Å². The van der Waals surface area contributed by atoms with E-state index in [0.717, 1.165) is 0 Å². The average Bonchev–Trinajstić information content (AvgIpc) is 2.34. The van der Waals surface area contributed by atoms with E-state index in [-0.39, 0.29) is 5.69 Å². The number of halogens is 2. The highest BCUT2D eigenvalue weighted by molar-refractivity contribution is 6.31. The highest BCUT2D eigenvalue weighted by atomic mass is 35.5. The molecule has 0 fully saturated rings. The monoisotopic (exact) mass is 266 g/mol. The molecule has 0 spiro atoms. The molecule has 94 valence electrons. The number of hydrogen-bond acceptors (Lipinski definition) is 3. The van der Waals surface area contributed by atoms with Crippen molar-refractivity contribution in [3.8, 4) is 5.75 Å². The van der Waals surface area contributed by atoms with Gasteiger partial charge >= 0.3 is 0 Å². The number of hydrogen-bond donors (Lipinski definition) is 2. The van der Waals surface area contributed by atoms with Crippen LogP contribution in [-0.4, -0.2) is 7.11 Å². The second-order valence-corrected chi connectivity index (χ2v) is 4.14. The van der Waals surface area contributed by atoms with Crippen LogP contribution in [0.15, 0.2) is 36.4 Å². The van der Waals surface area contributed by atoms with Crippen molar-refractivity contribution >= 4 is 28.7 Å². The van der Waals surface area contributed by atoms with E-state index in [0.29, 0.717) is 22.1 Å². The SMILES string of the molecule is COc1ccc(Cl)cc1Nc1ccc(N)c(F)c1. The summed E-state index contributed by atoms with van der Waals surface area (Å²) in [4.78, 5) is 0. The van der Waals surface area contributed by atoms with E-state index in [1.165, 1.54) is 12.1 Å². The third-order valence-electron chi connectivity index (χ3n) is 2.44. The maximum absolute atomic E-state index is 13.3. The van der Waals surface area contributed by atoms with E-state index in [4.69, 9.17) is 22.1 Å². The Morgan fingerprint density at radius 3 is 2.67 bits per heavy atom. The van der Waals surface area contributed by atoms with Crippen molar-refractivity contribution in [3.63, 3.8) is 0 Å². The number of ether oxygens (including phenoxy) is 1. The molecule has 0 aliphatic rings. The molecule has 18 heavy (non-hydrogen) atoms. The van der Waals surface area contributed by atoms with Gasteiger partial charge in [0.25, 0.3) is 0 Å². The van der Waals surface area contributed by atoms with Crippen molar-refractivity contribution in [2.45, 2.75) is 0 Å². The van der Waals surface area contributed by atoms with E-state index in [1.54, 1.807) is 31.4 Å². The number of nitrogens with one attached hydrogen (secondary N) is 1. The zero-order valence-corrected chi connectivity index (χ0v) is 10.5. The summed E-state index contributed by atoms with van der Waals surface area (Å²) in [5, 5.41) is 3.59. The predicted octanol–water partition coefficient (Wildman–Crippen LogP) is 3.81. The number of nitrogen functional groups attached to an aromatic ring is 1. The normalized spacial score (nSPS) is 10.2. The fourth-order valence-electron chi connectivity index (χ4n) is 1.54. The molecule has 3 N–H and O–H groups in total. The molecule has 2 rings (SSSR count). The fraction of sp³-hybridized carbons (Fsp3) is 0.0769. The van der Waals surface area contributed by atoms with Crippen molar-refractivity contribution in [2.24, 2.45) is 0 Å². The summed E-state index contributed by atoms with van der Waals surface area (Å²) < 4.78 is 18.5. The smallest absolute Gasteiger partial charge is 0.148 e. The Bertz CT molecular complexity index is 575. The summed E-state index contributed by atoms with van der Waals surface area (Å²) in [6.45, 7) is 0. The maximum Gasteiger partial charge on any atom is 0.148 e. The largest absolute Gasteiger partial charge is 0.495 e. The molecule has 0 radical (unpaired) electrons. The van der Waals surface area contributed by atoms with Crippen LogP contribution in [0.1, 0.15) is 0 Å². The van der Waals surface area contributed by atoms with Gasteiger partial charge < -0.3 is 15.8 Å². The van der Waals surface area contributed by atoms with Crippen molar-refractivity contribution in [1.82, 2.24) is 0 Å². The molecule has 0 amide bonds. The van der Waals surface area contributed by atoms with Gasteiger partial charge in [0.05, 0.1) is 18.5 Å². The molecule has 0 aliphatic heterocycles. The predicted molar refractivity (Wildman–Crippen MR) is 72.1 cm³/mol. The van der Waals surface area contributed by atoms with Gasteiger partial charge in [-0.05, 0) is 36.4 Å². The Labute approximate surface area is 109 Å². The zero-order valence-electron chi connectivity index (χ0n) is 9.71. The lowest BCUT2D eigenvalue weighted by Gasteiger charge is -2.12. The van der Waals surface area contributed by atoms with Gasteiger partial charge in [0, 0.05) is 10.7 Å². The van der Waals surface area contributed by atoms with Crippen LogP contribution < -0.4 is 15.8 Å². The molecule has 2 aromatic rings. The van der Waals surface area contributed by atoms with Crippen LogP contribution >= 0.6 is 11.6 Å². The summed E-state index contributed by atoms with van der Waals surface area (Å²) in [5.74, 6) is 0.151. The lowest BCUT2D eigenvalue weighted by Crippen LogP contribution is -1.97. The van der Waals surface area contributed by atoms with Crippen LogP contribution in [0, 0.1) is 5.82 Å². The number of benzene rings is 2.